The monoisotopic (exact) mass is 257 g/mol. The number of hydrogen-bond acceptors (Lipinski definition) is 2. The number of para-hydroxylation sites is 1. The summed E-state index contributed by atoms with van der Waals surface area (Å²) < 4.78 is 0. The molecule has 0 unspecified atom stereocenters. The van der Waals surface area contributed by atoms with Crippen LogP contribution in [0.2, 0.25) is 5.02 Å². The molecule has 0 aliphatic carbocycles. The van der Waals surface area contributed by atoms with Crippen LogP contribution in [0, 0.1) is 6.92 Å². The van der Waals surface area contributed by atoms with E-state index < -0.39 is 0 Å². The number of H-pyrrole nitrogens is 1. The molecule has 0 saturated carbocycles. The molecule has 1 heterocycles. The van der Waals surface area contributed by atoms with Crippen LogP contribution in [-0.4, -0.2) is 9.97 Å². The van der Waals surface area contributed by atoms with Crippen molar-refractivity contribution >= 4 is 28.3 Å². The van der Waals surface area contributed by atoms with Gasteiger partial charge in [0.2, 0.25) is 0 Å². The average molecular weight is 258 g/mol. The number of aryl methyl sites for hydroxylation is 1. The van der Waals surface area contributed by atoms with Crippen LogP contribution in [0.1, 0.15) is 5.56 Å². The number of nitrogens with zero attached hydrogens (tertiary/aromatic N) is 1. The van der Waals surface area contributed by atoms with Gasteiger partial charge >= 0.3 is 0 Å². The highest BCUT2D eigenvalue weighted by molar-refractivity contribution is 6.31. The summed E-state index contributed by atoms with van der Waals surface area (Å²) >= 11 is 5.90. The Morgan fingerprint density at radius 2 is 2.06 bits per heavy atom. The first-order chi connectivity index (χ1) is 8.65. The number of nitrogen functional groups attached to an aromatic ring is 1. The van der Waals surface area contributed by atoms with E-state index in [2.05, 4.69) is 9.97 Å². The Kier molecular flexibility index (Phi) is 2.49. The lowest BCUT2D eigenvalue weighted by Crippen LogP contribution is -1.91. The van der Waals surface area contributed by atoms with E-state index in [1.807, 2.05) is 37.3 Å². The van der Waals surface area contributed by atoms with E-state index in [1.165, 1.54) is 0 Å². The van der Waals surface area contributed by atoms with E-state index in [9.17, 15) is 0 Å². The Hall–Kier alpha value is -2.00. The zero-order valence-corrected chi connectivity index (χ0v) is 10.6. The Morgan fingerprint density at radius 1 is 1.22 bits per heavy atom. The van der Waals surface area contributed by atoms with Crippen LogP contribution in [0.3, 0.4) is 0 Å². The first kappa shape index (κ1) is 11.1. The van der Waals surface area contributed by atoms with E-state index in [0.717, 1.165) is 28.0 Å². The van der Waals surface area contributed by atoms with Crippen molar-refractivity contribution in [2.45, 2.75) is 6.92 Å². The number of hydrogen-bond donors (Lipinski definition) is 2. The highest BCUT2D eigenvalue weighted by Crippen LogP contribution is 2.28. The smallest absolute Gasteiger partial charge is 0.140 e. The summed E-state index contributed by atoms with van der Waals surface area (Å²) in [6.45, 7) is 2.04. The molecule has 18 heavy (non-hydrogen) atoms. The fourth-order valence-corrected chi connectivity index (χ4v) is 2.23. The maximum absolute atomic E-state index is 5.97. The van der Waals surface area contributed by atoms with E-state index in [1.54, 1.807) is 6.07 Å². The second-order valence-electron chi connectivity index (χ2n) is 4.29. The number of aromatic amines is 1. The molecule has 0 saturated heterocycles. The van der Waals surface area contributed by atoms with Gasteiger partial charge in [-0.15, -0.1) is 0 Å². The third-order valence-corrected chi connectivity index (χ3v) is 3.22. The third kappa shape index (κ3) is 1.73. The van der Waals surface area contributed by atoms with Crippen molar-refractivity contribution in [3.63, 3.8) is 0 Å². The Balaban J connectivity index is 2.23. The van der Waals surface area contributed by atoms with Gasteiger partial charge in [-0.2, -0.15) is 0 Å². The summed E-state index contributed by atoms with van der Waals surface area (Å²) in [5, 5.41) is 0.628. The summed E-state index contributed by atoms with van der Waals surface area (Å²) in [5.74, 6) is 0.772. The van der Waals surface area contributed by atoms with Crippen molar-refractivity contribution in [1.29, 1.82) is 0 Å². The molecule has 2 aromatic carbocycles. The lowest BCUT2D eigenvalue weighted by atomic mass is 10.2. The minimum absolute atomic E-state index is 0.624. The second kappa shape index (κ2) is 4.03. The molecule has 0 bridgehead atoms. The molecule has 3 N–H and O–H groups in total. The van der Waals surface area contributed by atoms with Crippen LogP contribution in [0.5, 0.6) is 0 Å². The standard InChI is InChI=1S/C14H12ClN3/c1-8-3-2-4-12-13(8)18-14(17-12)10-6-5-9(15)7-11(10)16/h2-7H,16H2,1H3,(H,17,18). The highest BCUT2D eigenvalue weighted by Gasteiger charge is 2.09. The van der Waals surface area contributed by atoms with Gasteiger partial charge in [-0.1, -0.05) is 23.7 Å². The maximum Gasteiger partial charge on any atom is 0.140 e. The van der Waals surface area contributed by atoms with E-state index in [-0.39, 0.29) is 0 Å². The van der Waals surface area contributed by atoms with Crippen molar-refractivity contribution in [3.8, 4) is 11.4 Å². The number of nitrogens with two attached hydrogens (primary N) is 1. The van der Waals surface area contributed by atoms with Crippen LogP contribution in [0.4, 0.5) is 5.69 Å². The summed E-state index contributed by atoms with van der Waals surface area (Å²) in [7, 11) is 0. The Bertz CT molecular complexity index is 731. The van der Waals surface area contributed by atoms with Crippen molar-refractivity contribution in [1.82, 2.24) is 9.97 Å². The molecule has 4 heteroatoms. The molecule has 1 aromatic heterocycles. The van der Waals surface area contributed by atoms with E-state index in [0.29, 0.717) is 10.7 Å². The first-order valence-electron chi connectivity index (χ1n) is 5.66. The van der Waals surface area contributed by atoms with Gasteiger partial charge in [0.15, 0.2) is 0 Å². The molecule has 0 aliphatic heterocycles. The maximum atomic E-state index is 5.97. The Morgan fingerprint density at radius 3 is 2.78 bits per heavy atom. The summed E-state index contributed by atoms with van der Waals surface area (Å²) in [5.41, 5.74) is 10.6. The molecule has 0 radical (unpaired) electrons. The van der Waals surface area contributed by atoms with Gasteiger partial charge in [-0.3, -0.25) is 0 Å². The van der Waals surface area contributed by atoms with Gasteiger partial charge in [0.05, 0.1) is 11.0 Å². The van der Waals surface area contributed by atoms with Crippen LogP contribution in [0.15, 0.2) is 36.4 Å². The fourth-order valence-electron chi connectivity index (χ4n) is 2.05. The lowest BCUT2D eigenvalue weighted by molar-refractivity contribution is 1.33. The predicted molar refractivity (Wildman–Crippen MR) is 75.7 cm³/mol. The molecule has 0 atom stereocenters. The normalized spacial score (nSPS) is 11.0. The van der Waals surface area contributed by atoms with Crippen LogP contribution < -0.4 is 5.73 Å². The largest absolute Gasteiger partial charge is 0.398 e. The fraction of sp³-hybridized carbons (Fsp3) is 0.0714. The summed E-state index contributed by atoms with van der Waals surface area (Å²) in [4.78, 5) is 7.87. The zero-order valence-electron chi connectivity index (χ0n) is 9.87. The van der Waals surface area contributed by atoms with Crippen LogP contribution >= 0.6 is 11.6 Å². The van der Waals surface area contributed by atoms with E-state index in [4.69, 9.17) is 17.3 Å². The number of halogens is 1. The highest BCUT2D eigenvalue weighted by atomic mass is 35.5. The molecule has 0 spiro atoms. The lowest BCUT2D eigenvalue weighted by Gasteiger charge is -2.02. The zero-order chi connectivity index (χ0) is 12.7. The molecular formula is C14H12ClN3. The number of anilines is 1. The quantitative estimate of drug-likeness (QED) is 0.652. The topological polar surface area (TPSA) is 54.7 Å². The average Bonchev–Trinajstić information content (AvgIpc) is 2.74. The number of benzene rings is 2. The Labute approximate surface area is 110 Å². The molecule has 3 rings (SSSR count). The van der Waals surface area contributed by atoms with Crippen LogP contribution in [-0.2, 0) is 0 Å². The number of aromatic nitrogens is 2. The van der Waals surface area contributed by atoms with Gasteiger partial charge < -0.3 is 10.7 Å². The molecular weight excluding hydrogens is 246 g/mol. The van der Waals surface area contributed by atoms with Gasteiger partial charge in [-0.25, -0.2) is 4.98 Å². The van der Waals surface area contributed by atoms with Crippen molar-refractivity contribution < 1.29 is 0 Å². The molecule has 90 valence electrons. The SMILES string of the molecule is Cc1cccc2[nH]c(-c3ccc(Cl)cc3N)nc12. The molecule has 0 aliphatic rings. The first-order valence-corrected chi connectivity index (χ1v) is 6.03. The minimum atomic E-state index is 0.624. The van der Waals surface area contributed by atoms with E-state index >= 15 is 0 Å². The van der Waals surface area contributed by atoms with Crippen molar-refractivity contribution in [3.05, 3.63) is 47.0 Å². The second-order valence-corrected chi connectivity index (χ2v) is 4.72. The van der Waals surface area contributed by atoms with Gasteiger partial charge in [0.25, 0.3) is 0 Å². The third-order valence-electron chi connectivity index (χ3n) is 2.98. The number of rotatable bonds is 1. The summed E-state index contributed by atoms with van der Waals surface area (Å²) in [6.07, 6.45) is 0. The number of fused-ring (bicyclic) bond motifs is 1. The minimum Gasteiger partial charge on any atom is -0.398 e. The van der Waals surface area contributed by atoms with Gasteiger partial charge in [-0.05, 0) is 36.8 Å². The predicted octanol–water partition coefficient (Wildman–Crippen LogP) is 3.77. The van der Waals surface area contributed by atoms with Gasteiger partial charge in [0, 0.05) is 16.3 Å². The molecule has 0 amide bonds. The molecule has 3 nitrogen and oxygen atoms in total. The summed E-state index contributed by atoms with van der Waals surface area (Å²) in [6, 6.07) is 11.5. The van der Waals surface area contributed by atoms with Crippen molar-refractivity contribution in [2.75, 3.05) is 5.73 Å². The molecule has 0 fully saturated rings. The molecule has 3 aromatic rings. The van der Waals surface area contributed by atoms with Gasteiger partial charge in [0.1, 0.15) is 5.82 Å². The number of imidazole rings is 1. The number of nitrogens with one attached hydrogen (secondary N) is 1. The van der Waals surface area contributed by atoms with Crippen LogP contribution in [0.25, 0.3) is 22.4 Å². The van der Waals surface area contributed by atoms with Crippen molar-refractivity contribution in [2.24, 2.45) is 0 Å².